The largest absolute Gasteiger partial charge is 0.365 e. The van der Waals surface area contributed by atoms with E-state index in [4.69, 9.17) is 10.00 Å². The lowest BCUT2D eigenvalue weighted by Crippen LogP contribution is -2.48. The van der Waals surface area contributed by atoms with Crippen molar-refractivity contribution in [2.45, 2.75) is 43.9 Å². The lowest BCUT2D eigenvalue weighted by Gasteiger charge is -2.46. The molecular weight excluding hydrogens is 316 g/mol. The van der Waals surface area contributed by atoms with Crippen LogP contribution in [0.4, 0.5) is 0 Å². The van der Waals surface area contributed by atoms with Crippen LogP contribution in [-0.2, 0) is 23.3 Å². The Hall–Kier alpha value is -1.67. The summed E-state index contributed by atoms with van der Waals surface area (Å²) < 4.78 is 6.50. The second kappa shape index (κ2) is 6.68. The lowest BCUT2D eigenvalue weighted by atomic mass is 9.81. The fraction of sp³-hybridized carbons (Fsp3) is 0.450. The van der Waals surface area contributed by atoms with E-state index < -0.39 is 0 Å². The van der Waals surface area contributed by atoms with Gasteiger partial charge in [-0.2, -0.15) is 5.26 Å². The van der Waals surface area contributed by atoms with Crippen LogP contribution < -0.4 is 0 Å². The van der Waals surface area contributed by atoms with Gasteiger partial charge in [0.05, 0.1) is 24.2 Å². The lowest BCUT2D eigenvalue weighted by molar-refractivity contribution is -0.137. The van der Waals surface area contributed by atoms with E-state index >= 15 is 0 Å². The number of likely N-dealkylation sites (tertiary alicyclic amines) is 1. The van der Waals surface area contributed by atoms with E-state index in [0.717, 1.165) is 38.9 Å². The van der Waals surface area contributed by atoms with Crippen LogP contribution in [-0.4, -0.2) is 24.1 Å². The molecule has 2 aliphatic heterocycles. The predicted octanol–water partition coefficient (Wildman–Crippen LogP) is 4.09. The zero-order chi connectivity index (χ0) is 16.4. The van der Waals surface area contributed by atoms with E-state index in [1.54, 1.807) is 0 Å². The fourth-order valence-electron chi connectivity index (χ4n) is 4.05. The van der Waals surface area contributed by atoms with Gasteiger partial charge < -0.3 is 4.74 Å². The zero-order valence-corrected chi connectivity index (χ0v) is 14.6. The topological polar surface area (TPSA) is 36.3 Å². The first kappa shape index (κ1) is 15.8. The number of rotatable bonds is 3. The molecule has 24 heavy (non-hydrogen) atoms. The summed E-state index contributed by atoms with van der Waals surface area (Å²) in [5.41, 5.74) is 2.60. The normalized spacial score (nSPS) is 22.9. The molecule has 3 nitrogen and oxygen atoms in total. The summed E-state index contributed by atoms with van der Waals surface area (Å²) in [4.78, 5) is 3.95. The van der Waals surface area contributed by atoms with E-state index in [2.05, 4.69) is 52.7 Å². The van der Waals surface area contributed by atoms with Gasteiger partial charge in [-0.15, -0.1) is 11.3 Å². The highest BCUT2D eigenvalue weighted by molar-refractivity contribution is 7.10. The number of benzene rings is 1. The molecule has 1 atom stereocenters. The van der Waals surface area contributed by atoms with Crippen molar-refractivity contribution in [1.29, 1.82) is 5.26 Å². The molecule has 0 amide bonds. The van der Waals surface area contributed by atoms with Gasteiger partial charge in [0.2, 0.25) is 0 Å². The summed E-state index contributed by atoms with van der Waals surface area (Å²) in [7, 11) is 0. The molecule has 1 aromatic carbocycles. The molecule has 0 bridgehead atoms. The van der Waals surface area contributed by atoms with Crippen molar-refractivity contribution in [3.63, 3.8) is 0 Å². The van der Waals surface area contributed by atoms with Crippen LogP contribution in [0.1, 0.15) is 35.3 Å². The van der Waals surface area contributed by atoms with Crippen LogP contribution in [0.15, 0.2) is 41.8 Å². The maximum absolute atomic E-state index is 9.08. The Morgan fingerprint density at radius 3 is 2.75 bits per heavy atom. The Labute approximate surface area is 147 Å². The van der Waals surface area contributed by atoms with Gasteiger partial charge in [0, 0.05) is 30.9 Å². The molecule has 1 fully saturated rings. The van der Waals surface area contributed by atoms with E-state index in [9.17, 15) is 0 Å². The number of piperidine rings is 1. The average Bonchev–Trinajstić information content (AvgIpc) is 3.08. The monoisotopic (exact) mass is 338 g/mol. The molecule has 124 valence electrons. The highest BCUT2D eigenvalue weighted by atomic mass is 32.1. The van der Waals surface area contributed by atoms with Gasteiger partial charge >= 0.3 is 0 Å². The van der Waals surface area contributed by atoms with Crippen LogP contribution in [0.25, 0.3) is 0 Å². The van der Waals surface area contributed by atoms with Gasteiger partial charge in [-0.05, 0) is 35.4 Å². The van der Waals surface area contributed by atoms with Gasteiger partial charge in [0.15, 0.2) is 0 Å². The van der Waals surface area contributed by atoms with E-state index in [1.807, 2.05) is 11.3 Å². The van der Waals surface area contributed by atoms with Gasteiger partial charge in [-0.25, -0.2) is 0 Å². The second-order valence-corrected chi connectivity index (χ2v) is 7.82. The number of ether oxygens (including phenoxy) is 1. The molecule has 1 aromatic heterocycles. The fourth-order valence-corrected chi connectivity index (χ4v) is 5.08. The number of hydrogen-bond acceptors (Lipinski definition) is 4. The first-order chi connectivity index (χ1) is 11.8. The third-order valence-electron chi connectivity index (χ3n) is 5.27. The maximum atomic E-state index is 9.08. The van der Waals surface area contributed by atoms with Gasteiger partial charge in [-0.3, -0.25) is 4.90 Å². The van der Waals surface area contributed by atoms with Crippen molar-refractivity contribution in [3.8, 4) is 6.07 Å². The molecule has 1 spiro atoms. The molecule has 0 N–H and O–H groups in total. The molecule has 3 heterocycles. The Kier molecular flexibility index (Phi) is 4.41. The molecule has 0 saturated carbocycles. The first-order valence-corrected chi connectivity index (χ1v) is 9.55. The van der Waals surface area contributed by atoms with Crippen LogP contribution >= 0.6 is 11.3 Å². The summed E-state index contributed by atoms with van der Waals surface area (Å²) in [6.07, 6.45) is 3.49. The molecular formula is C20H22N2OS. The predicted molar refractivity (Wildman–Crippen MR) is 95.8 cm³/mol. The minimum absolute atomic E-state index is 0.0572. The summed E-state index contributed by atoms with van der Waals surface area (Å²) in [6.45, 7) is 3.10. The number of thiophene rings is 1. The van der Waals surface area contributed by atoms with E-state index in [0.29, 0.717) is 6.42 Å². The Bertz CT molecular complexity index is 726. The Morgan fingerprint density at radius 2 is 2.00 bits per heavy atom. The number of fused-ring (bicyclic) bond motifs is 2. The highest BCUT2D eigenvalue weighted by Gasteiger charge is 2.44. The van der Waals surface area contributed by atoms with Crippen molar-refractivity contribution >= 4 is 11.3 Å². The van der Waals surface area contributed by atoms with Crippen LogP contribution in [0, 0.1) is 11.3 Å². The minimum atomic E-state index is -0.164. The number of nitrogens with zero attached hydrogens (tertiary/aromatic N) is 2. The summed E-state index contributed by atoms with van der Waals surface area (Å²) >= 11 is 1.82. The van der Waals surface area contributed by atoms with Crippen molar-refractivity contribution < 1.29 is 4.74 Å². The second-order valence-electron chi connectivity index (χ2n) is 6.82. The van der Waals surface area contributed by atoms with Crippen LogP contribution in [0.5, 0.6) is 0 Å². The van der Waals surface area contributed by atoms with Crippen molar-refractivity contribution in [2.75, 3.05) is 13.1 Å². The molecule has 4 rings (SSSR count). The Balaban J connectivity index is 1.48. The van der Waals surface area contributed by atoms with Gasteiger partial charge in [0.25, 0.3) is 0 Å². The molecule has 2 aromatic rings. The zero-order valence-electron chi connectivity index (χ0n) is 13.8. The average molecular weight is 338 g/mol. The molecule has 2 aliphatic rings. The summed E-state index contributed by atoms with van der Waals surface area (Å²) in [6, 6.07) is 15.2. The van der Waals surface area contributed by atoms with Crippen molar-refractivity contribution in [2.24, 2.45) is 0 Å². The van der Waals surface area contributed by atoms with Gasteiger partial charge in [0.1, 0.15) is 0 Å². The quantitative estimate of drug-likeness (QED) is 0.845. The summed E-state index contributed by atoms with van der Waals surface area (Å²) in [5.74, 6) is 0. The SMILES string of the molecule is N#CC[C@H]1Cc2sccc2C2(CCN(Cc3ccccc3)CC2)O1. The van der Waals surface area contributed by atoms with E-state index in [1.165, 1.54) is 16.0 Å². The number of nitriles is 1. The van der Waals surface area contributed by atoms with E-state index in [-0.39, 0.29) is 11.7 Å². The number of hydrogen-bond donors (Lipinski definition) is 0. The molecule has 0 unspecified atom stereocenters. The molecule has 4 heteroatoms. The van der Waals surface area contributed by atoms with Crippen LogP contribution in [0.3, 0.4) is 0 Å². The maximum Gasteiger partial charge on any atom is 0.0970 e. The van der Waals surface area contributed by atoms with Gasteiger partial charge in [-0.1, -0.05) is 30.3 Å². The molecule has 1 saturated heterocycles. The highest BCUT2D eigenvalue weighted by Crippen LogP contribution is 2.45. The molecule has 0 aliphatic carbocycles. The molecule has 0 radical (unpaired) electrons. The van der Waals surface area contributed by atoms with Crippen molar-refractivity contribution in [3.05, 3.63) is 57.8 Å². The Morgan fingerprint density at radius 1 is 1.21 bits per heavy atom. The van der Waals surface area contributed by atoms with Crippen molar-refractivity contribution in [1.82, 2.24) is 4.90 Å². The minimum Gasteiger partial charge on any atom is -0.365 e. The smallest absolute Gasteiger partial charge is 0.0970 e. The third-order valence-corrected chi connectivity index (χ3v) is 6.22. The standard InChI is InChI=1S/C20H22N2OS/c21-10-6-17-14-19-18(7-13-24-19)20(23-17)8-11-22(12-9-20)15-16-4-2-1-3-5-16/h1-5,7,13,17H,6,8-9,11-12,14-15H2/t17-/m0/s1. The summed E-state index contributed by atoms with van der Waals surface area (Å²) in [5, 5.41) is 11.3. The van der Waals surface area contributed by atoms with Crippen LogP contribution in [0.2, 0.25) is 0 Å². The first-order valence-electron chi connectivity index (χ1n) is 8.67. The third kappa shape index (κ3) is 3.00.